The van der Waals surface area contributed by atoms with E-state index in [1.807, 2.05) is 0 Å². The van der Waals surface area contributed by atoms with E-state index in [2.05, 4.69) is 46.9 Å². The van der Waals surface area contributed by atoms with Crippen molar-refractivity contribution in [2.24, 2.45) is 0 Å². The molecule has 1 aromatic carbocycles. The molecule has 0 radical (unpaired) electrons. The Hall–Kier alpha value is 1.05. The van der Waals surface area contributed by atoms with Crippen LogP contribution in [0.15, 0.2) is 24.3 Å². The molecule has 51 valence electrons. The summed E-state index contributed by atoms with van der Waals surface area (Å²) in [5.41, 5.74) is 1.47. The Labute approximate surface area is 95.4 Å². The van der Waals surface area contributed by atoms with E-state index >= 15 is 0 Å². The maximum absolute atomic E-state index is 2.32. The Morgan fingerprint density at radius 2 is 1.70 bits per heavy atom. The zero-order valence-electron chi connectivity index (χ0n) is 5.51. The Kier molecular flexibility index (Phi) is 6.27. The van der Waals surface area contributed by atoms with Gasteiger partial charge in [-0.3, -0.25) is 0 Å². The molecule has 3 heteroatoms. The van der Waals surface area contributed by atoms with Gasteiger partial charge in [-0.1, -0.05) is 0 Å². The maximum atomic E-state index is 2.32. The van der Waals surface area contributed by atoms with Gasteiger partial charge in [-0.15, -0.1) is 17.0 Å². The molecule has 0 unspecified atom stereocenters. The predicted octanol–water partition coefficient (Wildman–Crippen LogP) is 2.92. The van der Waals surface area contributed by atoms with Crippen molar-refractivity contribution < 1.29 is 18.3 Å². The minimum atomic E-state index is 0. The van der Waals surface area contributed by atoms with Crippen molar-refractivity contribution in [2.45, 2.75) is 5.02 Å². The summed E-state index contributed by atoms with van der Waals surface area (Å²) in [5.74, 6) is 0. The summed E-state index contributed by atoms with van der Waals surface area (Å²) in [7, 11) is 0. The second-order valence-corrected chi connectivity index (χ2v) is 4.17. The second kappa shape index (κ2) is 5.67. The number of rotatable bonds is 1. The first kappa shape index (κ1) is 11.1. The Morgan fingerprint density at radius 3 is 2.10 bits per heavy atom. The van der Waals surface area contributed by atoms with Crippen LogP contribution in [-0.2, 0) is 23.3 Å². The Morgan fingerprint density at radius 1 is 1.20 bits per heavy atom. The van der Waals surface area contributed by atoms with Crippen LogP contribution < -0.4 is 0 Å². The first-order chi connectivity index (χ1) is 4.33. The molecule has 0 nitrogen and oxygen atoms in total. The molecule has 0 aliphatic rings. The predicted molar refractivity (Wildman–Crippen MR) is 53.2 cm³/mol. The van der Waals surface area contributed by atoms with E-state index in [9.17, 15) is 0 Å². The molecule has 1 aromatic rings. The van der Waals surface area contributed by atoms with E-state index in [4.69, 9.17) is 0 Å². The van der Waals surface area contributed by atoms with Crippen LogP contribution in [-0.4, -0.2) is 0 Å². The Balaban J connectivity index is 0.000000810. The van der Waals surface area contributed by atoms with Crippen molar-refractivity contribution in [1.82, 2.24) is 0 Å². The van der Waals surface area contributed by atoms with Crippen LogP contribution in [0.3, 0.4) is 0 Å². The summed E-state index contributed by atoms with van der Waals surface area (Å²) in [5, 5.41) is 1.26. The monoisotopic (exact) mass is 361 g/mol. The van der Waals surface area contributed by atoms with Gasteiger partial charge in [0.15, 0.2) is 0 Å². The molecule has 0 heterocycles. The molecule has 0 N–H and O–H groups in total. The van der Waals surface area contributed by atoms with Gasteiger partial charge in [0.25, 0.3) is 0 Å². The third-order valence-corrected chi connectivity index (χ3v) is 3.13. The summed E-state index contributed by atoms with van der Waals surface area (Å²) in [4.78, 5) is 0. The van der Waals surface area contributed by atoms with Gasteiger partial charge in [0, 0.05) is 0 Å². The topological polar surface area (TPSA) is 0 Å². The minimum absolute atomic E-state index is 0. The quantitative estimate of drug-likeness (QED) is 0.532. The van der Waals surface area contributed by atoms with Gasteiger partial charge in [0.05, 0.1) is 0 Å². The SMILES string of the molecule is Br.[Zn][CH2]c1ccc(I)cc1. The summed E-state index contributed by atoms with van der Waals surface area (Å²) in [6.07, 6.45) is 0. The van der Waals surface area contributed by atoms with Gasteiger partial charge in [-0.05, 0) is 0 Å². The molecule has 0 spiro atoms. The molecular formula is C7H7BrIZn. The Bertz CT molecular complexity index is 185. The molecule has 0 saturated carbocycles. The fourth-order valence-electron chi connectivity index (χ4n) is 0.651. The van der Waals surface area contributed by atoms with Crippen LogP contribution in [0, 0.1) is 3.57 Å². The standard InChI is InChI=1S/C7H6I.BrH.Zn/c1-6-2-4-7(8)5-3-6;;/h2-5H,1H2;1H;. The van der Waals surface area contributed by atoms with Crippen molar-refractivity contribution in [1.29, 1.82) is 0 Å². The summed E-state index contributed by atoms with van der Waals surface area (Å²) in [6.45, 7) is 0. The molecule has 0 fully saturated rings. The van der Waals surface area contributed by atoms with Crippen molar-refractivity contribution in [2.75, 3.05) is 0 Å². The van der Waals surface area contributed by atoms with Crippen molar-refractivity contribution >= 4 is 39.6 Å². The fourth-order valence-corrected chi connectivity index (χ4v) is 1.71. The van der Waals surface area contributed by atoms with E-state index in [1.54, 1.807) is 0 Å². The van der Waals surface area contributed by atoms with Crippen LogP contribution in [0.1, 0.15) is 5.56 Å². The van der Waals surface area contributed by atoms with E-state index in [1.165, 1.54) is 32.5 Å². The third kappa shape index (κ3) is 3.45. The average molecular weight is 363 g/mol. The van der Waals surface area contributed by atoms with Crippen molar-refractivity contribution in [3.05, 3.63) is 33.4 Å². The molecule has 0 amide bonds. The number of hydrogen-bond donors (Lipinski definition) is 0. The third-order valence-electron chi connectivity index (χ3n) is 1.20. The summed E-state index contributed by atoms with van der Waals surface area (Å²) < 4.78 is 1.32. The molecule has 0 saturated heterocycles. The van der Waals surface area contributed by atoms with Gasteiger partial charge >= 0.3 is 79.3 Å². The van der Waals surface area contributed by atoms with E-state index < -0.39 is 0 Å². The summed E-state index contributed by atoms with van der Waals surface area (Å²) >= 11 is 3.68. The molecular weight excluding hydrogens is 356 g/mol. The second-order valence-electron chi connectivity index (χ2n) is 1.88. The van der Waals surface area contributed by atoms with Crippen LogP contribution >= 0.6 is 39.6 Å². The van der Waals surface area contributed by atoms with Gasteiger partial charge in [0.1, 0.15) is 0 Å². The van der Waals surface area contributed by atoms with Crippen molar-refractivity contribution in [3.8, 4) is 0 Å². The van der Waals surface area contributed by atoms with Crippen molar-refractivity contribution in [3.63, 3.8) is 0 Å². The normalized spacial score (nSPS) is 8.70. The number of benzene rings is 1. The number of halogens is 2. The zero-order chi connectivity index (χ0) is 6.69. The molecule has 0 atom stereocenters. The van der Waals surface area contributed by atoms with Crippen LogP contribution in [0.2, 0.25) is 0 Å². The molecule has 0 aliphatic heterocycles. The van der Waals surface area contributed by atoms with Gasteiger partial charge in [-0.25, -0.2) is 0 Å². The molecule has 0 aromatic heterocycles. The van der Waals surface area contributed by atoms with Crippen LogP contribution in [0.25, 0.3) is 0 Å². The fraction of sp³-hybridized carbons (Fsp3) is 0.143. The van der Waals surface area contributed by atoms with E-state index in [0.717, 1.165) is 0 Å². The molecule has 10 heavy (non-hydrogen) atoms. The number of hydrogen-bond acceptors (Lipinski definition) is 0. The van der Waals surface area contributed by atoms with Gasteiger partial charge < -0.3 is 0 Å². The van der Waals surface area contributed by atoms with Crippen LogP contribution in [0.4, 0.5) is 0 Å². The van der Waals surface area contributed by atoms with E-state index in [-0.39, 0.29) is 17.0 Å². The van der Waals surface area contributed by atoms with Crippen LogP contribution in [0.5, 0.6) is 0 Å². The van der Waals surface area contributed by atoms with E-state index in [0.29, 0.717) is 0 Å². The molecule has 1 rings (SSSR count). The summed E-state index contributed by atoms with van der Waals surface area (Å²) in [6, 6.07) is 8.72. The molecule has 0 aliphatic carbocycles. The zero-order valence-corrected chi connectivity index (χ0v) is 12.3. The van der Waals surface area contributed by atoms with Gasteiger partial charge in [0.2, 0.25) is 0 Å². The average Bonchev–Trinajstić information content (AvgIpc) is 1.90. The molecule has 0 bridgehead atoms. The first-order valence-electron chi connectivity index (χ1n) is 2.86. The first-order valence-corrected chi connectivity index (χ1v) is 6.04. The van der Waals surface area contributed by atoms with Gasteiger partial charge in [-0.2, -0.15) is 0 Å².